The molecule has 0 spiro atoms. The molecule has 1 unspecified atom stereocenters. The van der Waals surface area contributed by atoms with Gasteiger partial charge < -0.3 is 14.5 Å². The maximum absolute atomic E-state index is 5.70. The zero-order valence-electron chi connectivity index (χ0n) is 10.4. The Morgan fingerprint density at radius 1 is 1.36 bits per heavy atom. The molecule has 0 N–H and O–H groups in total. The van der Waals surface area contributed by atoms with E-state index in [-0.39, 0.29) is 0 Å². The topological polar surface area (TPSA) is 15.7 Å². The summed E-state index contributed by atoms with van der Waals surface area (Å²) in [5.74, 6) is 0. The van der Waals surface area contributed by atoms with Crippen molar-refractivity contribution in [3.05, 3.63) is 0 Å². The third kappa shape index (κ3) is 6.35. The average Bonchev–Trinajstić information content (AvgIpc) is 2.54. The van der Waals surface area contributed by atoms with Crippen molar-refractivity contribution < 1.29 is 4.74 Å². The smallest absolute Gasteiger partial charge is 0.0714 e. The Hall–Kier alpha value is -0.120. The lowest BCUT2D eigenvalue weighted by atomic mass is 10.3. The normalized spacial score (nSPS) is 22.3. The van der Waals surface area contributed by atoms with Crippen molar-refractivity contribution in [3.63, 3.8) is 0 Å². The average molecular weight is 202 g/mol. The predicted octanol–water partition coefficient (Wildman–Crippen LogP) is 1.29. The van der Waals surface area contributed by atoms with Crippen LogP contribution in [0.3, 0.4) is 0 Å². The van der Waals surface area contributed by atoms with Gasteiger partial charge in [-0.2, -0.15) is 0 Å². The molecule has 0 saturated carbocycles. The molecule has 0 amide bonds. The molecule has 0 radical (unpaired) electrons. The molecule has 1 aliphatic heterocycles. The minimum Gasteiger partial charge on any atom is -0.376 e. The maximum Gasteiger partial charge on any atom is 0.0714 e. The Morgan fingerprint density at radius 3 is 2.43 bits per heavy atom. The van der Waals surface area contributed by atoms with Crippen LogP contribution in [0, 0.1) is 0 Å². The summed E-state index contributed by atoms with van der Waals surface area (Å²) in [5, 5.41) is 0. The van der Waals surface area contributed by atoms with Gasteiger partial charge in [0.25, 0.3) is 0 Å². The van der Waals surface area contributed by atoms with Gasteiger partial charge in [-0.1, -0.05) is 13.8 Å². The third-order valence-electron chi connectivity index (χ3n) is 2.24. The summed E-state index contributed by atoms with van der Waals surface area (Å²) in [6.07, 6.45) is 1.68. The van der Waals surface area contributed by atoms with Crippen LogP contribution in [0.1, 0.15) is 20.3 Å². The Labute approximate surface area is 89.0 Å². The number of rotatable bonds is 4. The van der Waals surface area contributed by atoms with Crippen LogP contribution in [0.4, 0.5) is 0 Å². The second-order valence-corrected chi connectivity index (χ2v) is 3.85. The molecular formula is C11H26N2O. The van der Waals surface area contributed by atoms with Crippen molar-refractivity contribution in [2.75, 3.05) is 47.4 Å². The standard InChI is InChI=1S/C9H20N2O.C2H6/c1-10(2)6-7-12-9-4-5-11(3)8-9;1-2/h9H,4-8H2,1-3H3;1-2H3. The van der Waals surface area contributed by atoms with Crippen LogP contribution in [-0.4, -0.2) is 63.3 Å². The third-order valence-corrected chi connectivity index (χ3v) is 2.24. The van der Waals surface area contributed by atoms with E-state index >= 15 is 0 Å². The SMILES string of the molecule is CC.CN(C)CCOC1CCN(C)C1. The lowest BCUT2D eigenvalue weighted by Gasteiger charge is -2.14. The summed E-state index contributed by atoms with van der Waals surface area (Å²) in [6, 6.07) is 0. The van der Waals surface area contributed by atoms with Crippen LogP contribution in [0.15, 0.2) is 0 Å². The Balaban J connectivity index is 0.000000791. The maximum atomic E-state index is 5.70. The number of ether oxygens (including phenoxy) is 1. The molecule has 1 rings (SSSR count). The van der Waals surface area contributed by atoms with E-state index in [1.807, 2.05) is 13.8 Å². The highest BCUT2D eigenvalue weighted by atomic mass is 16.5. The van der Waals surface area contributed by atoms with Crippen LogP contribution in [-0.2, 0) is 4.74 Å². The number of nitrogens with zero attached hydrogens (tertiary/aromatic N) is 2. The van der Waals surface area contributed by atoms with Crippen molar-refractivity contribution in [1.82, 2.24) is 9.80 Å². The highest BCUT2D eigenvalue weighted by Gasteiger charge is 2.19. The molecule has 0 bridgehead atoms. The van der Waals surface area contributed by atoms with Gasteiger partial charge in [-0.15, -0.1) is 0 Å². The van der Waals surface area contributed by atoms with E-state index in [1.165, 1.54) is 13.0 Å². The summed E-state index contributed by atoms with van der Waals surface area (Å²) in [4.78, 5) is 4.47. The summed E-state index contributed by atoms with van der Waals surface area (Å²) in [7, 11) is 6.30. The van der Waals surface area contributed by atoms with E-state index < -0.39 is 0 Å². The number of hydrogen-bond acceptors (Lipinski definition) is 3. The molecule has 86 valence electrons. The van der Waals surface area contributed by atoms with E-state index in [9.17, 15) is 0 Å². The van der Waals surface area contributed by atoms with E-state index in [0.29, 0.717) is 6.10 Å². The van der Waals surface area contributed by atoms with Crippen molar-refractivity contribution in [2.45, 2.75) is 26.4 Å². The fraction of sp³-hybridized carbons (Fsp3) is 1.00. The van der Waals surface area contributed by atoms with E-state index in [4.69, 9.17) is 4.74 Å². The molecule has 1 saturated heterocycles. The largest absolute Gasteiger partial charge is 0.376 e. The molecule has 3 heteroatoms. The second kappa shape index (κ2) is 8.21. The summed E-state index contributed by atoms with van der Waals surface area (Å²) >= 11 is 0. The van der Waals surface area contributed by atoms with Gasteiger partial charge in [0.05, 0.1) is 12.7 Å². The number of likely N-dealkylation sites (N-methyl/N-ethyl adjacent to an activating group) is 2. The lowest BCUT2D eigenvalue weighted by molar-refractivity contribution is 0.0515. The molecule has 1 heterocycles. The van der Waals surface area contributed by atoms with Crippen LogP contribution in [0.25, 0.3) is 0 Å². The van der Waals surface area contributed by atoms with Gasteiger partial charge in [-0.3, -0.25) is 0 Å². The van der Waals surface area contributed by atoms with E-state index in [1.54, 1.807) is 0 Å². The van der Waals surface area contributed by atoms with Crippen LogP contribution in [0.5, 0.6) is 0 Å². The van der Waals surface area contributed by atoms with Crippen LogP contribution in [0.2, 0.25) is 0 Å². The minimum absolute atomic E-state index is 0.481. The monoisotopic (exact) mass is 202 g/mol. The van der Waals surface area contributed by atoms with Gasteiger partial charge in [0.1, 0.15) is 0 Å². The highest BCUT2D eigenvalue weighted by molar-refractivity contribution is 4.72. The predicted molar refractivity (Wildman–Crippen MR) is 61.8 cm³/mol. The quantitative estimate of drug-likeness (QED) is 0.683. The highest BCUT2D eigenvalue weighted by Crippen LogP contribution is 2.09. The van der Waals surface area contributed by atoms with E-state index in [2.05, 4.69) is 30.9 Å². The number of likely N-dealkylation sites (tertiary alicyclic amines) is 1. The molecule has 1 aliphatic rings. The Kier molecular flexibility index (Phi) is 8.14. The molecule has 0 aromatic heterocycles. The van der Waals surface area contributed by atoms with Gasteiger partial charge in [-0.05, 0) is 27.6 Å². The van der Waals surface area contributed by atoms with E-state index in [0.717, 1.165) is 19.7 Å². The minimum atomic E-state index is 0.481. The molecule has 1 atom stereocenters. The van der Waals surface area contributed by atoms with Crippen molar-refractivity contribution >= 4 is 0 Å². The first-order chi connectivity index (χ1) is 6.68. The first kappa shape index (κ1) is 13.9. The Morgan fingerprint density at radius 2 is 2.00 bits per heavy atom. The van der Waals surface area contributed by atoms with Gasteiger partial charge in [0.15, 0.2) is 0 Å². The molecular weight excluding hydrogens is 176 g/mol. The molecule has 3 nitrogen and oxygen atoms in total. The van der Waals surface area contributed by atoms with Crippen LogP contribution < -0.4 is 0 Å². The number of hydrogen-bond donors (Lipinski definition) is 0. The van der Waals surface area contributed by atoms with Gasteiger partial charge in [0, 0.05) is 19.6 Å². The van der Waals surface area contributed by atoms with Gasteiger partial charge in [-0.25, -0.2) is 0 Å². The van der Waals surface area contributed by atoms with Gasteiger partial charge >= 0.3 is 0 Å². The molecule has 0 aromatic carbocycles. The van der Waals surface area contributed by atoms with Crippen LogP contribution >= 0.6 is 0 Å². The van der Waals surface area contributed by atoms with Crippen molar-refractivity contribution in [1.29, 1.82) is 0 Å². The first-order valence-corrected chi connectivity index (χ1v) is 5.63. The van der Waals surface area contributed by atoms with Crippen molar-refractivity contribution in [2.24, 2.45) is 0 Å². The summed E-state index contributed by atoms with van der Waals surface area (Å²) < 4.78 is 5.70. The zero-order valence-corrected chi connectivity index (χ0v) is 10.4. The fourth-order valence-corrected chi connectivity index (χ4v) is 1.43. The fourth-order valence-electron chi connectivity index (χ4n) is 1.43. The molecule has 0 aromatic rings. The second-order valence-electron chi connectivity index (χ2n) is 3.85. The van der Waals surface area contributed by atoms with Crippen molar-refractivity contribution in [3.8, 4) is 0 Å². The molecule has 1 fully saturated rings. The first-order valence-electron chi connectivity index (χ1n) is 5.63. The zero-order chi connectivity index (χ0) is 11.0. The molecule has 14 heavy (non-hydrogen) atoms. The van der Waals surface area contributed by atoms with Gasteiger partial charge in [0.2, 0.25) is 0 Å². The molecule has 0 aliphatic carbocycles. The summed E-state index contributed by atoms with van der Waals surface area (Å²) in [5.41, 5.74) is 0. The summed E-state index contributed by atoms with van der Waals surface area (Å²) in [6.45, 7) is 8.19. The lowest BCUT2D eigenvalue weighted by Crippen LogP contribution is -2.24. The Bertz CT molecular complexity index is 128.